The minimum absolute atomic E-state index is 0.0721. The molecule has 1 aromatic carbocycles. The van der Waals surface area contributed by atoms with Crippen molar-refractivity contribution in [2.45, 2.75) is 11.1 Å². The topological polar surface area (TPSA) is 83.5 Å². The van der Waals surface area contributed by atoms with Crippen LogP contribution in [0, 0.1) is 6.92 Å². The Bertz CT molecular complexity index is 797. The zero-order chi connectivity index (χ0) is 15.8. The van der Waals surface area contributed by atoms with Gasteiger partial charge in [-0.05, 0) is 52.7 Å². The Balaban J connectivity index is 2.45. The number of benzene rings is 1. The van der Waals surface area contributed by atoms with E-state index in [0.717, 1.165) is 16.9 Å². The molecule has 0 bridgehead atoms. The SMILES string of the molecule is Cc1cc(S(=O)(=O)Nc2cc(Cl)ccc2C(=O)O)sc1Br. The van der Waals surface area contributed by atoms with Gasteiger partial charge in [-0.25, -0.2) is 13.2 Å². The van der Waals surface area contributed by atoms with Gasteiger partial charge < -0.3 is 5.11 Å². The van der Waals surface area contributed by atoms with Gasteiger partial charge in [-0.2, -0.15) is 0 Å². The van der Waals surface area contributed by atoms with E-state index in [1.54, 1.807) is 6.92 Å². The zero-order valence-corrected chi connectivity index (χ0v) is 14.5. The summed E-state index contributed by atoms with van der Waals surface area (Å²) in [5.41, 5.74) is 0.539. The lowest BCUT2D eigenvalue weighted by atomic mass is 10.2. The van der Waals surface area contributed by atoms with E-state index >= 15 is 0 Å². The Labute approximate surface area is 138 Å². The van der Waals surface area contributed by atoms with Crippen molar-refractivity contribution >= 4 is 60.5 Å². The molecule has 0 spiro atoms. The number of aromatic carboxylic acids is 1. The maximum absolute atomic E-state index is 12.3. The second-order valence-corrected chi connectivity index (χ2v) is 8.84. The number of carboxylic acids is 1. The summed E-state index contributed by atoms with van der Waals surface area (Å²) in [6.45, 7) is 1.77. The smallest absolute Gasteiger partial charge is 0.337 e. The molecule has 2 N–H and O–H groups in total. The number of halogens is 2. The van der Waals surface area contributed by atoms with Crippen molar-refractivity contribution in [1.29, 1.82) is 0 Å². The van der Waals surface area contributed by atoms with E-state index in [-0.39, 0.29) is 20.5 Å². The lowest BCUT2D eigenvalue weighted by Crippen LogP contribution is -2.14. The number of anilines is 1. The number of thiophene rings is 1. The van der Waals surface area contributed by atoms with Gasteiger partial charge >= 0.3 is 5.97 Å². The fraction of sp³-hybridized carbons (Fsp3) is 0.0833. The lowest BCUT2D eigenvalue weighted by Gasteiger charge is -2.09. The molecule has 0 saturated heterocycles. The summed E-state index contributed by atoms with van der Waals surface area (Å²) in [6.07, 6.45) is 0. The molecule has 0 amide bonds. The largest absolute Gasteiger partial charge is 0.478 e. The first kappa shape index (κ1) is 16.3. The van der Waals surface area contributed by atoms with Crippen molar-refractivity contribution in [3.63, 3.8) is 0 Å². The molecule has 2 aromatic rings. The molecule has 0 saturated carbocycles. The first-order chi connectivity index (χ1) is 9.70. The number of carboxylic acid groups (broad SMARTS) is 1. The summed E-state index contributed by atoms with van der Waals surface area (Å²) in [6, 6.07) is 5.40. The van der Waals surface area contributed by atoms with E-state index < -0.39 is 16.0 Å². The van der Waals surface area contributed by atoms with Crippen molar-refractivity contribution in [3.8, 4) is 0 Å². The third kappa shape index (κ3) is 3.57. The number of hydrogen-bond donors (Lipinski definition) is 2. The third-order valence-electron chi connectivity index (χ3n) is 2.56. The normalized spacial score (nSPS) is 11.4. The highest BCUT2D eigenvalue weighted by Crippen LogP contribution is 2.32. The second-order valence-electron chi connectivity index (χ2n) is 4.12. The quantitative estimate of drug-likeness (QED) is 0.799. The van der Waals surface area contributed by atoms with Crippen molar-refractivity contribution < 1.29 is 18.3 Å². The molecule has 0 radical (unpaired) electrons. The molecule has 0 unspecified atom stereocenters. The number of sulfonamides is 1. The van der Waals surface area contributed by atoms with Gasteiger partial charge in [0.05, 0.1) is 15.0 Å². The zero-order valence-electron chi connectivity index (χ0n) is 10.6. The first-order valence-electron chi connectivity index (χ1n) is 5.52. The summed E-state index contributed by atoms with van der Waals surface area (Å²) in [7, 11) is -3.87. The molecule has 0 aliphatic heterocycles. The number of aryl methyl sites for hydroxylation is 1. The molecule has 0 aliphatic rings. The second kappa shape index (κ2) is 5.96. The van der Waals surface area contributed by atoms with Crippen LogP contribution in [0.5, 0.6) is 0 Å². The molecular weight excluding hydrogens is 402 g/mol. The highest BCUT2D eigenvalue weighted by Gasteiger charge is 2.21. The van der Waals surface area contributed by atoms with Crippen LogP contribution >= 0.6 is 38.9 Å². The summed E-state index contributed by atoms with van der Waals surface area (Å²) in [5, 5.41) is 9.33. The minimum Gasteiger partial charge on any atom is -0.478 e. The van der Waals surface area contributed by atoms with Crippen LogP contribution in [0.15, 0.2) is 32.3 Å². The Morgan fingerprint density at radius 3 is 2.57 bits per heavy atom. The molecule has 112 valence electrons. The predicted molar refractivity (Wildman–Crippen MR) is 86.0 cm³/mol. The summed E-state index contributed by atoms with van der Waals surface area (Å²) < 4.78 is 27.6. The highest BCUT2D eigenvalue weighted by atomic mass is 79.9. The molecular formula is C12H9BrClNO4S2. The summed E-state index contributed by atoms with van der Waals surface area (Å²) in [4.78, 5) is 11.1. The van der Waals surface area contributed by atoms with Gasteiger partial charge in [0.1, 0.15) is 4.21 Å². The molecule has 21 heavy (non-hydrogen) atoms. The van der Waals surface area contributed by atoms with Crippen LogP contribution in [-0.2, 0) is 10.0 Å². The molecule has 1 heterocycles. The number of rotatable bonds is 4. The van der Waals surface area contributed by atoms with Gasteiger partial charge in [-0.3, -0.25) is 4.72 Å². The number of carbonyl (C=O) groups is 1. The molecule has 0 atom stereocenters. The van der Waals surface area contributed by atoms with Gasteiger partial charge in [0.25, 0.3) is 10.0 Å². The third-order valence-corrected chi connectivity index (χ3v) is 6.77. The highest BCUT2D eigenvalue weighted by molar-refractivity contribution is 9.11. The maximum Gasteiger partial charge on any atom is 0.337 e. The number of hydrogen-bond acceptors (Lipinski definition) is 4. The fourth-order valence-electron chi connectivity index (χ4n) is 1.55. The number of nitrogens with one attached hydrogen (secondary N) is 1. The predicted octanol–water partition coefficient (Wildman–Crippen LogP) is 3.97. The van der Waals surface area contributed by atoms with Crippen LogP contribution in [-0.4, -0.2) is 19.5 Å². The fourth-order valence-corrected chi connectivity index (χ4v) is 5.01. The van der Waals surface area contributed by atoms with Crippen LogP contribution in [0.2, 0.25) is 5.02 Å². The molecule has 0 fully saturated rings. The van der Waals surface area contributed by atoms with Crippen molar-refractivity contribution in [2.24, 2.45) is 0 Å². The summed E-state index contributed by atoms with van der Waals surface area (Å²) >= 11 is 10.1. The standard InChI is InChI=1S/C12H9BrClNO4S2/c1-6-4-10(20-11(6)13)21(18,19)15-9-5-7(14)2-3-8(9)12(16)17/h2-5,15H,1H3,(H,16,17). The van der Waals surface area contributed by atoms with E-state index in [9.17, 15) is 13.2 Å². The van der Waals surface area contributed by atoms with Gasteiger partial charge in [0, 0.05) is 5.02 Å². The van der Waals surface area contributed by atoms with Crippen molar-refractivity contribution in [2.75, 3.05) is 4.72 Å². The van der Waals surface area contributed by atoms with Gasteiger partial charge in [0.2, 0.25) is 0 Å². The average Bonchev–Trinajstić information content (AvgIpc) is 2.69. The van der Waals surface area contributed by atoms with Gasteiger partial charge in [-0.15, -0.1) is 11.3 Å². The van der Waals surface area contributed by atoms with Crippen LogP contribution in [0.1, 0.15) is 15.9 Å². The van der Waals surface area contributed by atoms with Crippen LogP contribution in [0.4, 0.5) is 5.69 Å². The van der Waals surface area contributed by atoms with E-state index in [1.807, 2.05) is 0 Å². The Kier molecular flexibility index (Phi) is 4.62. The Morgan fingerprint density at radius 2 is 2.05 bits per heavy atom. The lowest BCUT2D eigenvalue weighted by molar-refractivity contribution is 0.0698. The molecule has 2 rings (SSSR count). The molecule has 5 nitrogen and oxygen atoms in total. The van der Waals surface area contributed by atoms with E-state index in [2.05, 4.69) is 20.7 Å². The van der Waals surface area contributed by atoms with E-state index in [0.29, 0.717) is 3.79 Å². The van der Waals surface area contributed by atoms with E-state index in [4.69, 9.17) is 16.7 Å². The maximum atomic E-state index is 12.3. The van der Waals surface area contributed by atoms with Crippen molar-refractivity contribution in [1.82, 2.24) is 0 Å². The van der Waals surface area contributed by atoms with Crippen molar-refractivity contribution in [3.05, 3.63) is 44.2 Å². The average molecular weight is 411 g/mol. The van der Waals surface area contributed by atoms with Crippen LogP contribution < -0.4 is 4.72 Å². The molecule has 9 heteroatoms. The minimum atomic E-state index is -3.87. The first-order valence-corrected chi connectivity index (χ1v) is 8.99. The van der Waals surface area contributed by atoms with E-state index in [1.165, 1.54) is 24.3 Å². The Morgan fingerprint density at radius 1 is 1.38 bits per heavy atom. The monoisotopic (exact) mass is 409 g/mol. The van der Waals surface area contributed by atoms with Gasteiger partial charge in [0.15, 0.2) is 0 Å². The van der Waals surface area contributed by atoms with Gasteiger partial charge in [-0.1, -0.05) is 11.6 Å². The molecule has 0 aliphatic carbocycles. The Hall–Kier alpha value is -1.09. The summed E-state index contributed by atoms with van der Waals surface area (Å²) in [5.74, 6) is -1.24. The van der Waals surface area contributed by atoms with Crippen LogP contribution in [0.3, 0.4) is 0 Å². The van der Waals surface area contributed by atoms with Crippen LogP contribution in [0.25, 0.3) is 0 Å². The molecule has 1 aromatic heterocycles.